The van der Waals surface area contributed by atoms with Gasteiger partial charge in [-0.3, -0.25) is 9.59 Å². The predicted octanol–water partition coefficient (Wildman–Crippen LogP) is 0.0994. The Morgan fingerprint density at radius 1 is 1.05 bits per heavy atom. The van der Waals surface area contributed by atoms with Crippen molar-refractivity contribution < 1.29 is 28.2 Å². The molecule has 1 unspecified atom stereocenters. The molecular weight excluding hydrogens is 257 g/mol. The van der Waals surface area contributed by atoms with Crippen molar-refractivity contribution in [1.82, 2.24) is 5.32 Å². The highest BCUT2D eigenvalue weighted by Crippen LogP contribution is 1.91. The maximum absolute atomic E-state index is 13.1. The normalized spacial score (nSPS) is 12.2. The number of ether oxygens (including phenoxy) is 3. The van der Waals surface area contributed by atoms with Crippen LogP contribution in [0.15, 0.2) is 0 Å². The number of hydrogen-bond acceptors (Lipinski definition) is 5. The van der Waals surface area contributed by atoms with Gasteiger partial charge in [0.25, 0.3) is 0 Å². The minimum atomic E-state index is -1.22. The van der Waals surface area contributed by atoms with E-state index >= 15 is 0 Å². The Morgan fingerprint density at radius 3 is 2.21 bits per heavy atom. The Balaban J connectivity index is 3.17. The molecule has 0 rings (SSSR count). The van der Waals surface area contributed by atoms with Gasteiger partial charge in [0.15, 0.2) is 5.78 Å². The number of hydrogen-bond donors (Lipinski definition) is 1. The van der Waals surface area contributed by atoms with Crippen LogP contribution >= 0.6 is 0 Å². The molecule has 0 aromatic carbocycles. The number of ketones is 1. The van der Waals surface area contributed by atoms with Gasteiger partial charge in [0.05, 0.1) is 39.6 Å². The van der Waals surface area contributed by atoms with Gasteiger partial charge in [-0.25, -0.2) is 4.39 Å². The molecule has 6 nitrogen and oxygen atoms in total. The van der Waals surface area contributed by atoms with Crippen molar-refractivity contribution in [2.24, 2.45) is 0 Å². The predicted molar refractivity (Wildman–Crippen MR) is 66.7 cm³/mol. The number of nitrogens with one attached hydrogen (secondary N) is 1. The van der Waals surface area contributed by atoms with Crippen LogP contribution in [0.1, 0.15) is 13.8 Å². The highest BCUT2D eigenvalue weighted by molar-refractivity contribution is 5.76. The molecule has 0 aromatic heterocycles. The maximum atomic E-state index is 13.1. The number of carbonyl (C=O) groups excluding carboxylic acids is 2. The number of carbonyl (C=O) groups is 2. The second-order valence-corrected chi connectivity index (χ2v) is 3.98. The summed E-state index contributed by atoms with van der Waals surface area (Å²) in [6, 6.07) is 0. The van der Waals surface area contributed by atoms with Crippen molar-refractivity contribution >= 4 is 11.7 Å². The van der Waals surface area contributed by atoms with Gasteiger partial charge in [-0.1, -0.05) is 0 Å². The molecule has 0 spiro atoms. The van der Waals surface area contributed by atoms with E-state index in [1.165, 1.54) is 13.8 Å². The van der Waals surface area contributed by atoms with Crippen LogP contribution in [0.25, 0.3) is 0 Å². The molecule has 112 valence electrons. The maximum Gasteiger partial charge on any atom is 0.216 e. The Hall–Kier alpha value is -1.05. The van der Waals surface area contributed by atoms with E-state index in [2.05, 4.69) is 5.32 Å². The molecule has 1 amide bonds. The minimum Gasteiger partial charge on any atom is -0.377 e. The van der Waals surface area contributed by atoms with Crippen LogP contribution in [-0.4, -0.2) is 64.0 Å². The van der Waals surface area contributed by atoms with Crippen molar-refractivity contribution in [1.29, 1.82) is 0 Å². The molecule has 0 aliphatic rings. The fourth-order valence-corrected chi connectivity index (χ4v) is 1.08. The molecule has 1 atom stereocenters. The van der Waals surface area contributed by atoms with E-state index in [0.717, 1.165) is 0 Å². The average molecular weight is 279 g/mol. The lowest BCUT2D eigenvalue weighted by atomic mass is 10.4. The molecule has 0 radical (unpaired) electrons. The van der Waals surface area contributed by atoms with E-state index in [4.69, 9.17) is 14.2 Å². The third kappa shape index (κ3) is 14.9. The van der Waals surface area contributed by atoms with E-state index in [9.17, 15) is 14.0 Å². The first kappa shape index (κ1) is 17.9. The SMILES string of the molecule is CC(=O)COCCOCCOCC(F)CNC(C)=O. The lowest BCUT2D eigenvalue weighted by Gasteiger charge is -2.10. The Morgan fingerprint density at radius 2 is 1.63 bits per heavy atom. The zero-order chi connectivity index (χ0) is 14.5. The van der Waals surface area contributed by atoms with Crippen molar-refractivity contribution in [2.45, 2.75) is 20.0 Å². The Labute approximate surface area is 112 Å². The zero-order valence-electron chi connectivity index (χ0n) is 11.4. The van der Waals surface area contributed by atoms with Crippen LogP contribution in [0.5, 0.6) is 0 Å². The molecule has 0 heterocycles. The molecule has 0 saturated carbocycles. The second-order valence-electron chi connectivity index (χ2n) is 3.98. The standard InChI is InChI=1S/C12H22FNO5/c1-10(15)8-18-5-3-17-4-6-19-9-12(13)7-14-11(2)16/h12H,3-9H2,1-2H3,(H,14,16). The van der Waals surface area contributed by atoms with Gasteiger partial charge in [0.1, 0.15) is 12.8 Å². The topological polar surface area (TPSA) is 73.9 Å². The Bertz CT molecular complexity index is 263. The molecule has 0 aliphatic carbocycles. The second kappa shape index (κ2) is 12.0. The minimum absolute atomic E-state index is 0.0310. The first-order valence-electron chi connectivity index (χ1n) is 6.13. The summed E-state index contributed by atoms with van der Waals surface area (Å²) in [4.78, 5) is 21.0. The molecule has 0 aromatic rings. The Kier molecular flexibility index (Phi) is 11.3. The number of halogens is 1. The number of amides is 1. The highest BCUT2D eigenvalue weighted by atomic mass is 19.1. The van der Waals surface area contributed by atoms with Gasteiger partial charge in [-0.15, -0.1) is 0 Å². The van der Waals surface area contributed by atoms with Crippen molar-refractivity contribution in [3.05, 3.63) is 0 Å². The van der Waals surface area contributed by atoms with Gasteiger partial charge in [-0.2, -0.15) is 0 Å². The first-order valence-corrected chi connectivity index (χ1v) is 6.13. The lowest BCUT2D eigenvalue weighted by molar-refractivity contribution is -0.122. The summed E-state index contributed by atoms with van der Waals surface area (Å²) in [7, 11) is 0. The molecule has 0 fully saturated rings. The monoisotopic (exact) mass is 279 g/mol. The van der Waals surface area contributed by atoms with Gasteiger partial charge < -0.3 is 19.5 Å². The van der Waals surface area contributed by atoms with E-state index in [-0.39, 0.29) is 38.1 Å². The number of rotatable bonds is 12. The average Bonchev–Trinajstić information content (AvgIpc) is 2.34. The third-order valence-electron chi connectivity index (χ3n) is 1.92. The molecule has 19 heavy (non-hydrogen) atoms. The van der Waals surface area contributed by atoms with Gasteiger partial charge in [0.2, 0.25) is 5.91 Å². The van der Waals surface area contributed by atoms with E-state index in [1.807, 2.05) is 0 Å². The van der Waals surface area contributed by atoms with E-state index in [1.54, 1.807) is 0 Å². The van der Waals surface area contributed by atoms with Crippen LogP contribution in [0.2, 0.25) is 0 Å². The molecule has 0 bridgehead atoms. The fourth-order valence-electron chi connectivity index (χ4n) is 1.08. The van der Waals surface area contributed by atoms with Crippen LogP contribution in [-0.2, 0) is 23.8 Å². The molecule has 0 saturated heterocycles. The van der Waals surface area contributed by atoms with Crippen molar-refractivity contribution in [3.8, 4) is 0 Å². The van der Waals surface area contributed by atoms with Crippen molar-refractivity contribution in [2.75, 3.05) is 46.2 Å². The van der Waals surface area contributed by atoms with Gasteiger partial charge in [0, 0.05) is 6.92 Å². The quantitative estimate of drug-likeness (QED) is 0.513. The summed E-state index contributed by atoms with van der Waals surface area (Å²) in [6.45, 7) is 4.05. The highest BCUT2D eigenvalue weighted by Gasteiger charge is 2.06. The molecule has 0 aliphatic heterocycles. The number of Topliss-reactive ketones (excluding diaryl/α,β-unsaturated/α-hetero) is 1. The van der Waals surface area contributed by atoms with Gasteiger partial charge >= 0.3 is 0 Å². The summed E-state index contributed by atoms with van der Waals surface area (Å²) < 4.78 is 28.2. The summed E-state index contributed by atoms with van der Waals surface area (Å²) in [5.74, 6) is -0.298. The molecule has 1 N–H and O–H groups in total. The lowest BCUT2D eigenvalue weighted by Crippen LogP contribution is -2.30. The summed E-state index contributed by atoms with van der Waals surface area (Å²) >= 11 is 0. The zero-order valence-corrected chi connectivity index (χ0v) is 11.4. The smallest absolute Gasteiger partial charge is 0.216 e. The number of alkyl halides is 1. The van der Waals surface area contributed by atoms with Crippen LogP contribution in [0.3, 0.4) is 0 Å². The third-order valence-corrected chi connectivity index (χ3v) is 1.92. The van der Waals surface area contributed by atoms with E-state index in [0.29, 0.717) is 19.8 Å². The van der Waals surface area contributed by atoms with Crippen LogP contribution in [0.4, 0.5) is 4.39 Å². The fraction of sp³-hybridized carbons (Fsp3) is 0.833. The van der Waals surface area contributed by atoms with E-state index < -0.39 is 6.17 Å². The summed E-state index contributed by atoms with van der Waals surface area (Å²) in [6.07, 6.45) is -1.22. The first-order chi connectivity index (χ1) is 9.02. The van der Waals surface area contributed by atoms with Crippen LogP contribution in [0, 0.1) is 0 Å². The molecular formula is C12H22FNO5. The summed E-state index contributed by atoms with van der Waals surface area (Å²) in [5, 5.41) is 2.36. The summed E-state index contributed by atoms with van der Waals surface area (Å²) in [5.41, 5.74) is 0. The van der Waals surface area contributed by atoms with Gasteiger partial charge in [-0.05, 0) is 6.92 Å². The van der Waals surface area contributed by atoms with Crippen molar-refractivity contribution in [3.63, 3.8) is 0 Å². The van der Waals surface area contributed by atoms with Crippen LogP contribution < -0.4 is 5.32 Å². The largest absolute Gasteiger partial charge is 0.377 e. The molecule has 7 heteroatoms.